The van der Waals surface area contributed by atoms with E-state index < -0.39 is 0 Å². The first-order chi connectivity index (χ1) is 7.31. The smallest absolute Gasteiger partial charge is 0.126 e. The highest BCUT2D eigenvalue weighted by molar-refractivity contribution is 5.19. The predicted octanol–water partition coefficient (Wildman–Crippen LogP) is 2.76. The molecule has 1 nitrogen and oxygen atoms in total. The number of hydrogen-bond acceptors (Lipinski definition) is 1. The maximum atomic E-state index is 13.4. The Labute approximate surface area is 90.7 Å². The van der Waals surface area contributed by atoms with Gasteiger partial charge in [-0.15, -0.1) is 0 Å². The van der Waals surface area contributed by atoms with Crippen molar-refractivity contribution in [2.75, 3.05) is 6.54 Å². The molecular weight excluding hydrogens is 189 g/mol. The molecule has 15 heavy (non-hydrogen) atoms. The highest BCUT2D eigenvalue weighted by Gasteiger charge is 2.25. The third-order valence-corrected chi connectivity index (χ3v) is 3.41. The third-order valence-electron chi connectivity index (χ3n) is 3.41. The predicted molar refractivity (Wildman–Crippen MR) is 60.3 cm³/mol. The molecule has 1 aromatic rings. The first-order valence-electron chi connectivity index (χ1n) is 5.78. The molecule has 0 aliphatic carbocycles. The maximum absolute atomic E-state index is 13.4. The molecule has 1 saturated heterocycles. The Balaban J connectivity index is 2.05. The second-order valence-electron chi connectivity index (χ2n) is 4.31. The Kier molecular flexibility index (Phi) is 3.37. The van der Waals surface area contributed by atoms with E-state index in [1.807, 2.05) is 12.1 Å². The van der Waals surface area contributed by atoms with Crippen LogP contribution in [0.4, 0.5) is 4.39 Å². The fraction of sp³-hybridized carbons (Fsp3) is 0.538. The summed E-state index contributed by atoms with van der Waals surface area (Å²) in [5.74, 6) is 0.644. The molecule has 0 spiro atoms. The number of benzene rings is 1. The first-order valence-corrected chi connectivity index (χ1v) is 5.78. The van der Waals surface area contributed by atoms with E-state index in [-0.39, 0.29) is 5.82 Å². The largest absolute Gasteiger partial charge is 0.313 e. The third kappa shape index (κ3) is 2.37. The van der Waals surface area contributed by atoms with Crippen molar-refractivity contribution in [3.63, 3.8) is 0 Å². The number of rotatable bonds is 3. The van der Waals surface area contributed by atoms with Crippen LogP contribution in [0, 0.1) is 11.7 Å². The van der Waals surface area contributed by atoms with E-state index in [1.54, 1.807) is 12.1 Å². The SMILES string of the molecule is CC[C@H]1CCN[C@@H]1Cc1ccccc1F. The van der Waals surface area contributed by atoms with Crippen molar-refractivity contribution in [2.24, 2.45) is 5.92 Å². The Morgan fingerprint density at radius 1 is 1.40 bits per heavy atom. The molecule has 0 aromatic heterocycles. The fourth-order valence-corrected chi connectivity index (χ4v) is 2.45. The molecule has 0 amide bonds. The summed E-state index contributed by atoms with van der Waals surface area (Å²) in [6.07, 6.45) is 3.24. The molecule has 1 aliphatic heterocycles. The molecule has 2 atom stereocenters. The monoisotopic (exact) mass is 207 g/mol. The average molecular weight is 207 g/mol. The van der Waals surface area contributed by atoms with Gasteiger partial charge in [-0.05, 0) is 36.9 Å². The summed E-state index contributed by atoms with van der Waals surface area (Å²) in [7, 11) is 0. The number of hydrogen-bond donors (Lipinski definition) is 1. The number of halogens is 1. The second kappa shape index (κ2) is 4.75. The normalized spacial score (nSPS) is 25.7. The average Bonchev–Trinajstić information content (AvgIpc) is 2.69. The first kappa shape index (κ1) is 10.6. The van der Waals surface area contributed by atoms with Crippen LogP contribution in [-0.2, 0) is 6.42 Å². The van der Waals surface area contributed by atoms with Crippen molar-refractivity contribution in [1.29, 1.82) is 0 Å². The van der Waals surface area contributed by atoms with Crippen molar-refractivity contribution in [1.82, 2.24) is 5.32 Å². The lowest BCUT2D eigenvalue weighted by atomic mass is 9.92. The summed E-state index contributed by atoms with van der Waals surface area (Å²) in [4.78, 5) is 0. The zero-order chi connectivity index (χ0) is 10.7. The van der Waals surface area contributed by atoms with Gasteiger partial charge in [0.15, 0.2) is 0 Å². The quantitative estimate of drug-likeness (QED) is 0.803. The zero-order valence-electron chi connectivity index (χ0n) is 9.17. The van der Waals surface area contributed by atoms with Crippen LogP contribution in [-0.4, -0.2) is 12.6 Å². The van der Waals surface area contributed by atoms with Gasteiger partial charge in [0.2, 0.25) is 0 Å². The topological polar surface area (TPSA) is 12.0 Å². The summed E-state index contributed by atoms with van der Waals surface area (Å²) in [5, 5.41) is 3.47. The van der Waals surface area contributed by atoms with Crippen LogP contribution in [0.15, 0.2) is 24.3 Å². The molecule has 0 saturated carbocycles. The van der Waals surface area contributed by atoms with Crippen LogP contribution in [0.2, 0.25) is 0 Å². The molecule has 2 rings (SSSR count). The van der Waals surface area contributed by atoms with E-state index in [9.17, 15) is 4.39 Å². The van der Waals surface area contributed by atoms with Crippen LogP contribution >= 0.6 is 0 Å². The minimum atomic E-state index is -0.0685. The summed E-state index contributed by atoms with van der Waals surface area (Å²) in [6, 6.07) is 7.56. The van der Waals surface area contributed by atoms with Gasteiger partial charge < -0.3 is 5.32 Å². The molecule has 0 unspecified atom stereocenters. The van der Waals surface area contributed by atoms with Gasteiger partial charge in [-0.2, -0.15) is 0 Å². The van der Waals surface area contributed by atoms with Crippen molar-refractivity contribution >= 4 is 0 Å². The van der Waals surface area contributed by atoms with Crippen molar-refractivity contribution in [2.45, 2.75) is 32.2 Å². The standard InChI is InChI=1S/C13H18FN/c1-2-10-7-8-15-13(10)9-11-5-3-4-6-12(11)14/h3-6,10,13,15H,2,7-9H2,1H3/t10-,13+/m0/s1. The van der Waals surface area contributed by atoms with Crippen LogP contribution in [0.1, 0.15) is 25.3 Å². The zero-order valence-corrected chi connectivity index (χ0v) is 9.17. The van der Waals surface area contributed by atoms with Crippen LogP contribution in [0.3, 0.4) is 0 Å². The van der Waals surface area contributed by atoms with Crippen LogP contribution < -0.4 is 5.32 Å². The minimum absolute atomic E-state index is 0.0685. The van der Waals surface area contributed by atoms with Gasteiger partial charge in [-0.1, -0.05) is 31.5 Å². The van der Waals surface area contributed by atoms with E-state index in [2.05, 4.69) is 12.2 Å². The van der Waals surface area contributed by atoms with Gasteiger partial charge in [0.25, 0.3) is 0 Å². The van der Waals surface area contributed by atoms with Crippen LogP contribution in [0.5, 0.6) is 0 Å². The Hall–Kier alpha value is -0.890. The van der Waals surface area contributed by atoms with E-state index in [1.165, 1.54) is 12.8 Å². The molecule has 0 radical (unpaired) electrons. The van der Waals surface area contributed by atoms with Crippen LogP contribution in [0.25, 0.3) is 0 Å². The Morgan fingerprint density at radius 3 is 2.93 bits per heavy atom. The molecule has 0 bridgehead atoms. The Bertz CT molecular complexity index is 324. The van der Waals surface area contributed by atoms with E-state index in [0.717, 1.165) is 18.5 Å². The molecular formula is C13H18FN. The van der Waals surface area contributed by atoms with Gasteiger partial charge in [0.05, 0.1) is 0 Å². The van der Waals surface area contributed by atoms with Gasteiger partial charge in [0, 0.05) is 6.04 Å². The Morgan fingerprint density at radius 2 is 2.20 bits per heavy atom. The highest BCUT2D eigenvalue weighted by Crippen LogP contribution is 2.22. The minimum Gasteiger partial charge on any atom is -0.313 e. The second-order valence-corrected chi connectivity index (χ2v) is 4.31. The van der Waals surface area contributed by atoms with Gasteiger partial charge in [-0.3, -0.25) is 0 Å². The van der Waals surface area contributed by atoms with Crippen molar-refractivity contribution < 1.29 is 4.39 Å². The molecule has 1 heterocycles. The summed E-state index contributed by atoms with van der Waals surface area (Å²) >= 11 is 0. The lowest BCUT2D eigenvalue weighted by Crippen LogP contribution is -2.29. The summed E-state index contributed by atoms with van der Waals surface area (Å²) < 4.78 is 13.4. The fourth-order valence-electron chi connectivity index (χ4n) is 2.45. The molecule has 2 heteroatoms. The molecule has 82 valence electrons. The van der Waals surface area contributed by atoms with Crippen molar-refractivity contribution in [3.05, 3.63) is 35.6 Å². The lowest BCUT2D eigenvalue weighted by molar-refractivity contribution is 0.427. The maximum Gasteiger partial charge on any atom is 0.126 e. The van der Waals surface area contributed by atoms with E-state index in [4.69, 9.17) is 0 Å². The molecule has 1 aliphatic rings. The van der Waals surface area contributed by atoms with E-state index >= 15 is 0 Å². The lowest BCUT2D eigenvalue weighted by Gasteiger charge is -2.18. The highest BCUT2D eigenvalue weighted by atomic mass is 19.1. The summed E-state index contributed by atoms with van der Waals surface area (Å²) in [5.41, 5.74) is 0.843. The molecule has 1 fully saturated rings. The van der Waals surface area contributed by atoms with Gasteiger partial charge in [-0.25, -0.2) is 4.39 Å². The summed E-state index contributed by atoms with van der Waals surface area (Å²) in [6.45, 7) is 3.30. The molecule has 1 N–H and O–H groups in total. The van der Waals surface area contributed by atoms with Gasteiger partial charge >= 0.3 is 0 Å². The van der Waals surface area contributed by atoms with E-state index in [0.29, 0.717) is 12.0 Å². The number of nitrogens with one attached hydrogen (secondary N) is 1. The van der Waals surface area contributed by atoms with Gasteiger partial charge in [0.1, 0.15) is 5.82 Å². The molecule has 1 aromatic carbocycles. The van der Waals surface area contributed by atoms with Crippen molar-refractivity contribution in [3.8, 4) is 0 Å².